The minimum atomic E-state index is -4.32. The molecule has 0 unspecified atom stereocenters. The van der Waals surface area contributed by atoms with Gasteiger partial charge in [-0.25, -0.2) is 9.59 Å². The summed E-state index contributed by atoms with van der Waals surface area (Å²) in [5, 5.41) is 0. The van der Waals surface area contributed by atoms with Crippen LogP contribution in [0.1, 0.15) is 35.0 Å². The summed E-state index contributed by atoms with van der Waals surface area (Å²) in [5.41, 5.74) is -1.32. The zero-order valence-electron chi connectivity index (χ0n) is 17.8. The molecule has 0 spiro atoms. The zero-order valence-corrected chi connectivity index (χ0v) is 19.6. The van der Waals surface area contributed by atoms with Gasteiger partial charge in [-0.15, -0.1) is 0 Å². The Balaban J connectivity index is -0.00000338. The van der Waals surface area contributed by atoms with Crippen molar-refractivity contribution in [2.24, 2.45) is 5.41 Å². The topological polar surface area (TPSA) is 133 Å². The van der Waals surface area contributed by atoms with Crippen LogP contribution in [-0.2, 0) is 38.7 Å². The van der Waals surface area contributed by atoms with Crippen molar-refractivity contribution >= 4 is 28.0 Å². The Morgan fingerprint density at radius 2 is 1.43 bits per heavy atom. The molecular formula is C17H27NaO9S. The number of esters is 3. The number of carbonyl (C=O) groups is 3. The Labute approximate surface area is 189 Å². The first-order chi connectivity index (χ1) is 12.3. The summed E-state index contributed by atoms with van der Waals surface area (Å²) in [4.78, 5) is 36.0. The summed E-state index contributed by atoms with van der Waals surface area (Å²) in [6.45, 7) is 9.96. The normalized spacial score (nSPS) is 11.0. The van der Waals surface area contributed by atoms with Crippen molar-refractivity contribution in [2.45, 2.75) is 33.6 Å². The van der Waals surface area contributed by atoms with Gasteiger partial charge < -0.3 is 15.6 Å². The number of carbonyl (C=O) groups excluding carboxylic acids is 3. The Bertz CT molecular complexity index is 674. The first kappa shape index (κ1) is 29.0. The molecule has 11 heteroatoms. The van der Waals surface area contributed by atoms with Crippen LogP contribution >= 0.6 is 0 Å². The number of hydrogen-bond acceptors (Lipinski definition) is 8. The molecule has 156 valence electrons. The van der Waals surface area contributed by atoms with Crippen molar-refractivity contribution in [3.05, 3.63) is 24.3 Å². The molecule has 0 heterocycles. The fourth-order valence-corrected chi connectivity index (χ4v) is 2.22. The van der Waals surface area contributed by atoms with Crippen LogP contribution in [0.15, 0.2) is 24.3 Å². The first-order valence-corrected chi connectivity index (χ1v) is 9.73. The largest absolute Gasteiger partial charge is 1.00 e. The molecule has 0 aliphatic heterocycles. The summed E-state index contributed by atoms with van der Waals surface area (Å²) in [6.07, 6.45) is 0.577. The van der Waals surface area contributed by atoms with Gasteiger partial charge in [0.1, 0.15) is 31.0 Å². The van der Waals surface area contributed by atoms with Crippen LogP contribution in [-0.4, -0.2) is 56.5 Å². The predicted molar refractivity (Wildman–Crippen MR) is 97.4 cm³/mol. The monoisotopic (exact) mass is 430 g/mol. The summed E-state index contributed by atoms with van der Waals surface area (Å²) in [6, 6.07) is 0. The van der Waals surface area contributed by atoms with Gasteiger partial charge in [0.25, 0.3) is 10.1 Å². The first-order valence-electron chi connectivity index (χ1n) is 8.12. The molecule has 1 N–H and O–H groups in total. The Morgan fingerprint density at radius 3 is 1.75 bits per heavy atom. The third-order valence-corrected chi connectivity index (χ3v) is 4.07. The standard InChI is InChI=1S/C17H26O9S.Na.H/c1-6-7-17(10-25-14(18)12(2)3,11-26-15(19)13(4)5)16(20)24-8-9-27(21,22)23;;/h2,4,6-11H2,1,3,5H3,(H,21,22,23);;/q;+1;-1. The van der Waals surface area contributed by atoms with Crippen molar-refractivity contribution < 1.29 is 72.5 Å². The molecule has 0 radical (unpaired) electrons. The molecular weight excluding hydrogens is 403 g/mol. The number of ether oxygens (including phenoxy) is 3. The third kappa shape index (κ3) is 11.0. The van der Waals surface area contributed by atoms with Crippen LogP contribution in [0.2, 0.25) is 0 Å². The SMILES string of the molecule is C=C(C)C(=O)OCC(CCC)(COC(=O)C(=C)C)C(=O)OCCS(=O)(=O)O.[H-].[Na+]. The molecule has 0 bridgehead atoms. The van der Waals surface area contributed by atoms with Crippen LogP contribution in [0.25, 0.3) is 0 Å². The molecule has 0 aromatic carbocycles. The molecule has 0 saturated heterocycles. The number of rotatable bonds is 12. The van der Waals surface area contributed by atoms with E-state index in [9.17, 15) is 22.8 Å². The van der Waals surface area contributed by atoms with E-state index in [1.165, 1.54) is 13.8 Å². The Kier molecular flexibility index (Phi) is 13.6. The van der Waals surface area contributed by atoms with Crippen molar-refractivity contribution in [2.75, 3.05) is 25.6 Å². The molecule has 0 fully saturated rings. The average molecular weight is 430 g/mol. The Hall–Kier alpha value is -1.20. The van der Waals surface area contributed by atoms with Crippen molar-refractivity contribution in [3.8, 4) is 0 Å². The van der Waals surface area contributed by atoms with E-state index in [0.29, 0.717) is 6.42 Å². The molecule has 0 aromatic rings. The average Bonchev–Trinajstić information content (AvgIpc) is 2.55. The molecule has 0 atom stereocenters. The zero-order chi connectivity index (χ0) is 21.3. The fourth-order valence-electron chi connectivity index (χ4n) is 1.93. The minimum Gasteiger partial charge on any atom is -1.00 e. The summed E-state index contributed by atoms with van der Waals surface area (Å²) in [5.74, 6) is -3.20. The molecule has 28 heavy (non-hydrogen) atoms. The van der Waals surface area contributed by atoms with Gasteiger partial charge in [0.05, 0.1) is 0 Å². The van der Waals surface area contributed by atoms with Crippen molar-refractivity contribution in [3.63, 3.8) is 0 Å². The van der Waals surface area contributed by atoms with E-state index in [4.69, 9.17) is 18.8 Å². The van der Waals surface area contributed by atoms with Gasteiger partial charge in [0.2, 0.25) is 0 Å². The van der Waals surface area contributed by atoms with Gasteiger partial charge >= 0.3 is 47.5 Å². The van der Waals surface area contributed by atoms with E-state index in [1.54, 1.807) is 6.92 Å². The molecule has 0 aromatic heterocycles. The van der Waals surface area contributed by atoms with E-state index in [0.717, 1.165) is 0 Å². The van der Waals surface area contributed by atoms with Crippen LogP contribution in [0, 0.1) is 5.41 Å². The molecule has 0 aliphatic rings. The second-order valence-corrected chi connectivity index (χ2v) is 7.74. The van der Waals surface area contributed by atoms with Gasteiger partial charge in [0.15, 0.2) is 0 Å². The molecule has 9 nitrogen and oxygen atoms in total. The van der Waals surface area contributed by atoms with Crippen LogP contribution < -0.4 is 29.6 Å². The van der Waals surface area contributed by atoms with Gasteiger partial charge in [0, 0.05) is 11.1 Å². The summed E-state index contributed by atoms with van der Waals surface area (Å²) < 4.78 is 45.3. The van der Waals surface area contributed by atoms with E-state index in [2.05, 4.69) is 13.2 Å². The maximum atomic E-state index is 12.6. The molecule has 0 rings (SSSR count). The molecule has 0 amide bonds. The second-order valence-electron chi connectivity index (χ2n) is 6.17. The predicted octanol–water partition coefficient (Wildman–Crippen LogP) is -1.44. The van der Waals surface area contributed by atoms with Crippen molar-refractivity contribution in [1.82, 2.24) is 0 Å². The summed E-state index contributed by atoms with van der Waals surface area (Å²) >= 11 is 0. The van der Waals surface area contributed by atoms with Crippen LogP contribution in [0.4, 0.5) is 0 Å². The van der Waals surface area contributed by atoms with Crippen LogP contribution in [0.3, 0.4) is 0 Å². The second kappa shape index (κ2) is 13.1. The Morgan fingerprint density at radius 1 is 1.00 bits per heavy atom. The van der Waals surface area contributed by atoms with Crippen molar-refractivity contribution in [1.29, 1.82) is 0 Å². The van der Waals surface area contributed by atoms with Gasteiger partial charge in [-0.1, -0.05) is 26.5 Å². The van der Waals surface area contributed by atoms with E-state index in [-0.39, 0.29) is 48.6 Å². The maximum Gasteiger partial charge on any atom is 1.00 e. The van der Waals surface area contributed by atoms with E-state index >= 15 is 0 Å². The smallest absolute Gasteiger partial charge is 1.00 e. The summed E-state index contributed by atoms with van der Waals surface area (Å²) in [7, 11) is -4.32. The van der Waals surface area contributed by atoms with E-state index in [1.807, 2.05) is 0 Å². The maximum absolute atomic E-state index is 12.6. The minimum absolute atomic E-state index is 0. The fraction of sp³-hybridized carbons (Fsp3) is 0.588. The van der Waals surface area contributed by atoms with Crippen LogP contribution in [0.5, 0.6) is 0 Å². The number of hydrogen-bond donors (Lipinski definition) is 1. The molecule has 0 saturated carbocycles. The molecule has 0 aliphatic carbocycles. The van der Waals surface area contributed by atoms with Gasteiger partial charge in [-0.2, -0.15) is 8.42 Å². The third-order valence-electron chi connectivity index (χ3n) is 3.39. The van der Waals surface area contributed by atoms with E-state index < -0.39 is 59.0 Å². The van der Waals surface area contributed by atoms with Gasteiger partial charge in [-0.3, -0.25) is 9.35 Å². The quantitative estimate of drug-likeness (QED) is 0.130. The van der Waals surface area contributed by atoms with Gasteiger partial charge in [-0.05, 0) is 20.3 Å².